The number of aryl methyl sites for hydroxylation is 1. The highest BCUT2D eigenvalue weighted by Crippen LogP contribution is 2.43. The van der Waals surface area contributed by atoms with Crippen molar-refractivity contribution in [3.63, 3.8) is 0 Å². The van der Waals surface area contributed by atoms with Crippen molar-refractivity contribution in [2.45, 2.75) is 57.8 Å². The monoisotopic (exact) mass is 370 g/mol. The minimum absolute atomic E-state index is 0.599. The van der Waals surface area contributed by atoms with E-state index in [1.165, 1.54) is 47.8 Å². The fraction of sp³-hybridized carbons (Fsp3) is 0.684. The molecule has 0 spiro atoms. The molecule has 0 unspecified atom stereocenters. The second-order valence-electron chi connectivity index (χ2n) is 7.77. The predicted octanol–water partition coefficient (Wildman–Crippen LogP) is 3.28. The lowest BCUT2D eigenvalue weighted by Crippen LogP contribution is -2.47. The predicted molar refractivity (Wildman–Crippen MR) is 104 cm³/mol. The summed E-state index contributed by atoms with van der Waals surface area (Å²) in [6.07, 6.45) is 6.07. The van der Waals surface area contributed by atoms with Gasteiger partial charge in [0, 0.05) is 49.3 Å². The highest BCUT2D eigenvalue weighted by Gasteiger charge is 2.31. The largest absolute Gasteiger partial charge is 0.353 e. The molecule has 0 amide bonds. The Morgan fingerprint density at radius 3 is 2.27 bits per heavy atom. The topological polar surface area (TPSA) is 58.0 Å². The SMILES string of the molecule is CCc1c(C)nc(C2CC2)nc1N1CCN(c2nnc(C3CC3)s2)CC1. The number of hydrogen-bond acceptors (Lipinski definition) is 7. The first-order valence-corrected chi connectivity index (χ1v) is 10.7. The van der Waals surface area contributed by atoms with Gasteiger partial charge in [0.05, 0.1) is 0 Å². The highest BCUT2D eigenvalue weighted by molar-refractivity contribution is 7.15. The lowest BCUT2D eigenvalue weighted by Gasteiger charge is -2.36. The van der Waals surface area contributed by atoms with E-state index in [1.54, 1.807) is 11.3 Å². The van der Waals surface area contributed by atoms with E-state index in [0.29, 0.717) is 11.8 Å². The second-order valence-corrected chi connectivity index (χ2v) is 8.76. The highest BCUT2D eigenvalue weighted by atomic mass is 32.1. The fourth-order valence-corrected chi connectivity index (χ4v) is 4.83. The van der Waals surface area contributed by atoms with Gasteiger partial charge in [0.25, 0.3) is 0 Å². The van der Waals surface area contributed by atoms with Crippen LogP contribution in [0.25, 0.3) is 0 Å². The molecular formula is C19H26N6S. The van der Waals surface area contributed by atoms with Crippen molar-refractivity contribution in [1.82, 2.24) is 20.2 Å². The average Bonchev–Trinajstić information content (AvgIpc) is 3.59. The van der Waals surface area contributed by atoms with Crippen molar-refractivity contribution in [3.8, 4) is 0 Å². The number of rotatable bonds is 5. The van der Waals surface area contributed by atoms with Gasteiger partial charge in [0.15, 0.2) is 0 Å². The smallest absolute Gasteiger partial charge is 0.208 e. The molecule has 5 rings (SSSR count). The van der Waals surface area contributed by atoms with Gasteiger partial charge in [-0.2, -0.15) is 0 Å². The molecular weight excluding hydrogens is 344 g/mol. The lowest BCUT2D eigenvalue weighted by molar-refractivity contribution is 0.637. The summed E-state index contributed by atoms with van der Waals surface area (Å²) in [5.41, 5.74) is 2.48. The molecule has 2 aromatic rings. The van der Waals surface area contributed by atoms with Crippen molar-refractivity contribution in [1.29, 1.82) is 0 Å². The van der Waals surface area contributed by atoms with Crippen LogP contribution in [0.15, 0.2) is 0 Å². The van der Waals surface area contributed by atoms with Crippen LogP contribution in [0.3, 0.4) is 0 Å². The molecule has 2 aromatic heterocycles. The van der Waals surface area contributed by atoms with E-state index >= 15 is 0 Å². The maximum absolute atomic E-state index is 4.99. The first-order valence-electron chi connectivity index (χ1n) is 9.93. The Labute approximate surface area is 158 Å². The second kappa shape index (κ2) is 6.44. The number of aromatic nitrogens is 4. The van der Waals surface area contributed by atoms with Gasteiger partial charge in [-0.25, -0.2) is 9.97 Å². The van der Waals surface area contributed by atoms with Crippen molar-refractivity contribution in [3.05, 3.63) is 22.1 Å². The molecule has 0 aromatic carbocycles. The van der Waals surface area contributed by atoms with E-state index in [9.17, 15) is 0 Å². The Kier molecular flexibility index (Phi) is 4.07. The van der Waals surface area contributed by atoms with E-state index < -0.39 is 0 Å². The van der Waals surface area contributed by atoms with Crippen molar-refractivity contribution >= 4 is 22.3 Å². The molecule has 6 nitrogen and oxygen atoms in total. The van der Waals surface area contributed by atoms with Crippen LogP contribution in [0.5, 0.6) is 0 Å². The molecule has 0 radical (unpaired) electrons. The molecule has 0 N–H and O–H groups in total. The number of piperazine rings is 1. The molecule has 138 valence electrons. The maximum Gasteiger partial charge on any atom is 0.208 e. The van der Waals surface area contributed by atoms with Gasteiger partial charge in [0.2, 0.25) is 5.13 Å². The standard InChI is InChI=1S/C19H26N6S/c1-3-15-12(2)20-16(13-4-5-13)21-17(15)24-8-10-25(11-9-24)19-23-22-18(26-19)14-6-7-14/h13-14H,3-11H2,1-2H3. The summed E-state index contributed by atoms with van der Waals surface area (Å²) in [4.78, 5) is 14.6. The van der Waals surface area contributed by atoms with Crippen LogP contribution in [-0.2, 0) is 6.42 Å². The lowest BCUT2D eigenvalue weighted by atomic mass is 10.1. The van der Waals surface area contributed by atoms with Crippen LogP contribution >= 0.6 is 11.3 Å². The van der Waals surface area contributed by atoms with Gasteiger partial charge in [-0.05, 0) is 39.0 Å². The molecule has 7 heteroatoms. The van der Waals surface area contributed by atoms with Gasteiger partial charge in [-0.3, -0.25) is 0 Å². The minimum Gasteiger partial charge on any atom is -0.353 e. The number of nitrogens with zero attached hydrogens (tertiary/aromatic N) is 6. The summed E-state index contributed by atoms with van der Waals surface area (Å²) in [7, 11) is 0. The molecule has 0 bridgehead atoms. The Morgan fingerprint density at radius 2 is 1.62 bits per heavy atom. The molecule has 2 aliphatic carbocycles. The van der Waals surface area contributed by atoms with E-state index in [0.717, 1.165) is 43.6 Å². The number of hydrogen-bond donors (Lipinski definition) is 0. The Hall–Kier alpha value is -1.76. The Balaban J connectivity index is 1.32. The van der Waals surface area contributed by atoms with Crippen LogP contribution in [0.1, 0.15) is 66.5 Å². The van der Waals surface area contributed by atoms with E-state index in [4.69, 9.17) is 9.97 Å². The van der Waals surface area contributed by atoms with Gasteiger partial charge in [-0.15, -0.1) is 10.2 Å². The Bertz CT molecular complexity index is 802. The van der Waals surface area contributed by atoms with Gasteiger partial charge in [0.1, 0.15) is 16.6 Å². The van der Waals surface area contributed by atoms with E-state index in [2.05, 4.69) is 33.8 Å². The van der Waals surface area contributed by atoms with Crippen molar-refractivity contribution in [2.75, 3.05) is 36.0 Å². The average molecular weight is 371 g/mol. The van der Waals surface area contributed by atoms with Crippen LogP contribution in [0, 0.1) is 6.92 Å². The third-order valence-electron chi connectivity index (χ3n) is 5.71. The zero-order valence-corrected chi connectivity index (χ0v) is 16.4. The van der Waals surface area contributed by atoms with Gasteiger partial charge < -0.3 is 9.80 Å². The van der Waals surface area contributed by atoms with Crippen LogP contribution in [0.2, 0.25) is 0 Å². The first kappa shape index (κ1) is 16.4. The Morgan fingerprint density at radius 1 is 0.923 bits per heavy atom. The summed E-state index contributed by atoms with van der Waals surface area (Å²) in [5.74, 6) is 3.54. The summed E-state index contributed by atoms with van der Waals surface area (Å²) < 4.78 is 0. The van der Waals surface area contributed by atoms with Gasteiger partial charge >= 0.3 is 0 Å². The number of anilines is 2. The summed E-state index contributed by atoms with van der Waals surface area (Å²) in [6, 6.07) is 0. The third-order valence-corrected chi connectivity index (χ3v) is 6.86. The van der Waals surface area contributed by atoms with Crippen LogP contribution in [0.4, 0.5) is 10.9 Å². The van der Waals surface area contributed by atoms with Crippen LogP contribution < -0.4 is 9.80 Å². The molecule has 2 saturated carbocycles. The third kappa shape index (κ3) is 3.06. The van der Waals surface area contributed by atoms with Gasteiger partial charge in [-0.1, -0.05) is 18.3 Å². The summed E-state index contributed by atoms with van der Waals surface area (Å²) >= 11 is 1.79. The molecule has 0 atom stereocenters. The summed E-state index contributed by atoms with van der Waals surface area (Å²) in [6.45, 7) is 8.32. The summed E-state index contributed by atoms with van der Waals surface area (Å²) in [5, 5.41) is 11.2. The molecule has 1 aliphatic heterocycles. The molecule has 3 fully saturated rings. The quantitative estimate of drug-likeness (QED) is 0.805. The van der Waals surface area contributed by atoms with Crippen molar-refractivity contribution in [2.24, 2.45) is 0 Å². The van der Waals surface area contributed by atoms with Crippen LogP contribution in [-0.4, -0.2) is 46.3 Å². The molecule has 26 heavy (non-hydrogen) atoms. The maximum atomic E-state index is 4.99. The first-order chi connectivity index (χ1) is 12.7. The zero-order valence-electron chi connectivity index (χ0n) is 15.6. The molecule has 3 aliphatic rings. The normalized spacial score (nSPS) is 20.7. The zero-order chi connectivity index (χ0) is 17.7. The van der Waals surface area contributed by atoms with E-state index in [1.807, 2.05) is 0 Å². The molecule has 3 heterocycles. The van der Waals surface area contributed by atoms with E-state index in [-0.39, 0.29) is 0 Å². The fourth-order valence-electron chi connectivity index (χ4n) is 3.76. The minimum atomic E-state index is 0.599. The van der Waals surface area contributed by atoms with Crippen molar-refractivity contribution < 1.29 is 0 Å². The molecule has 1 saturated heterocycles.